The number of rotatable bonds is 4. The van der Waals surface area contributed by atoms with Crippen molar-refractivity contribution in [2.24, 2.45) is 11.8 Å². The maximum Gasteiger partial charge on any atom is 0.237 e. The third-order valence-electron chi connectivity index (χ3n) is 3.47. The molecule has 1 amide bonds. The van der Waals surface area contributed by atoms with Crippen LogP contribution in [0.25, 0.3) is 0 Å². The molecular formula is C13H24ClNO3. The first kappa shape index (κ1) is 15.7. The Morgan fingerprint density at radius 1 is 1.28 bits per heavy atom. The third kappa shape index (κ3) is 4.41. The van der Waals surface area contributed by atoms with Crippen molar-refractivity contribution in [3.8, 4) is 0 Å². The van der Waals surface area contributed by atoms with Crippen molar-refractivity contribution < 1.29 is 14.3 Å². The Bertz CT molecular complexity index is 261. The van der Waals surface area contributed by atoms with Crippen LogP contribution in [0.15, 0.2) is 0 Å². The number of ether oxygens (including phenoxy) is 2. The summed E-state index contributed by atoms with van der Waals surface area (Å²) >= 11 is 5.61. The topological polar surface area (TPSA) is 38.8 Å². The summed E-state index contributed by atoms with van der Waals surface area (Å²) < 4.78 is 11.4. The van der Waals surface area contributed by atoms with Crippen LogP contribution in [0.4, 0.5) is 0 Å². The molecule has 0 spiro atoms. The first-order valence-electron chi connectivity index (χ1n) is 6.54. The Hall–Kier alpha value is -0.320. The smallest absolute Gasteiger partial charge is 0.237 e. The van der Waals surface area contributed by atoms with Gasteiger partial charge >= 0.3 is 0 Å². The average molecular weight is 278 g/mol. The first-order valence-corrected chi connectivity index (χ1v) is 7.07. The molecule has 0 aliphatic carbocycles. The molecule has 106 valence electrons. The van der Waals surface area contributed by atoms with Gasteiger partial charge in [0.25, 0.3) is 0 Å². The number of carbonyl (C=O) groups excluding carboxylic acids is 1. The van der Waals surface area contributed by atoms with E-state index in [2.05, 4.69) is 13.8 Å². The summed E-state index contributed by atoms with van der Waals surface area (Å²) in [4.78, 5) is 13.4. The minimum absolute atomic E-state index is 0.00228. The van der Waals surface area contributed by atoms with Gasteiger partial charge in [0.15, 0.2) is 6.29 Å². The predicted octanol–water partition coefficient (Wildman–Crippen LogP) is 2.11. The number of hydrogen-bond acceptors (Lipinski definition) is 3. The Kier molecular flexibility index (Phi) is 6.39. The SMILES string of the molecule is CC1COC(CN(C(=O)CCl)C(C)C)OCC1C. The molecule has 1 aliphatic heterocycles. The van der Waals surface area contributed by atoms with Gasteiger partial charge in [-0.05, 0) is 25.7 Å². The van der Waals surface area contributed by atoms with Gasteiger partial charge in [-0.15, -0.1) is 11.6 Å². The molecule has 0 aromatic rings. The zero-order valence-electron chi connectivity index (χ0n) is 11.7. The highest BCUT2D eigenvalue weighted by atomic mass is 35.5. The molecule has 1 aliphatic rings. The normalized spacial score (nSPS) is 29.1. The van der Waals surface area contributed by atoms with Crippen molar-refractivity contribution >= 4 is 17.5 Å². The number of carbonyl (C=O) groups is 1. The first-order chi connectivity index (χ1) is 8.45. The lowest BCUT2D eigenvalue weighted by molar-refractivity contribution is -0.156. The van der Waals surface area contributed by atoms with E-state index in [4.69, 9.17) is 21.1 Å². The maximum atomic E-state index is 11.7. The minimum Gasteiger partial charge on any atom is -0.350 e. The second-order valence-electron chi connectivity index (χ2n) is 5.32. The van der Waals surface area contributed by atoms with Crippen LogP contribution >= 0.6 is 11.6 Å². The molecule has 0 aromatic heterocycles. The molecule has 18 heavy (non-hydrogen) atoms. The van der Waals surface area contributed by atoms with Crippen LogP contribution in [-0.2, 0) is 14.3 Å². The van der Waals surface area contributed by atoms with E-state index in [1.165, 1.54) is 0 Å². The van der Waals surface area contributed by atoms with E-state index in [-0.39, 0.29) is 24.1 Å². The summed E-state index contributed by atoms with van der Waals surface area (Å²) in [5.74, 6) is 0.874. The second-order valence-corrected chi connectivity index (χ2v) is 5.59. The van der Waals surface area contributed by atoms with Gasteiger partial charge < -0.3 is 14.4 Å². The zero-order valence-corrected chi connectivity index (χ0v) is 12.4. The average Bonchev–Trinajstić information content (AvgIpc) is 2.49. The van der Waals surface area contributed by atoms with Crippen LogP contribution in [0.1, 0.15) is 27.7 Å². The summed E-state index contributed by atoms with van der Waals surface area (Å²) in [6.45, 7) is 10.0. The van der Waals surface area contributed by atoms with Crippen molar-refractivity contribution in [2.45, 2.75) is 40.0 Å². The highest BCUT2D eigenvalue weighted by molar-refractivity contribution is 6.27. The van der Waals surface area contributed by atoms with E-state index < -0.39 is 0 Å². The quantitative estimate of drug-likeness (QED) is 0.739. The van der Waals surface area contributed by atoms with Gasteiger partial charge in [0.1, 0.15) is 5.88 Å². The molecule has 0 N–H and O–H groups in total. The second kappa shape index (κ2) is 7.31. The number of halogens is 1. The molecule has 1 fully saturated rings. The summed E-state index contributed by atoms with van der Waals surface area (Å²) in [5, 5.41) is 0. The Morgan fingerprint density at radius 2 is 1.78 bits per heavy atom. The van der Waals surface area contributed by atoms with E-state index >= 15 is 0 Å². The minimum atomic E-state index is -0.341. The highest BCUT2D eigenvalue weighted by Crippen LogP contribution is 2.19. The number of hydrogen-bond donors (Lipinski definition) is 0. The van der Waals surface area contributed by atoms with Crippen molar-refractivity contribution in [2.75, 3.05) is 25.6 Å². The molecule has 0 aromatic carbocycles. The van der Waals surface area contributed by atoms with Crippen LogP contribution in [0.3, 0.4) is 0 Å². The van der Waals surface area contributed by atoms with Gasteiger partial charge in [0.2, 0.25) is 5.91 Å². The molecule has 1 saturated heterocycles. The van der Waals surface area contributed by atoms with E-state index in [0.717, 1.165) is 0 Å². The van der Waals surface area contributed by atoms with Crippen LogP contribution in [0.5, 0.6) is 0 Å². The fourth-order valence-electron chi connectivity index (χ4n) is 1.84. The molecule has 2 atom stereocenters. The number of alkyl halides is 1. The Morgan fingerprint density at radius 3 is 2.17 bits per heavy atom. The van der Waals surface area contributed by atoms with Crippen molar-refractivity contribution in [3.63, 3.8) is 0 Å². The summed E-state index contributed by atoms with van der Waals surface area (Å²) in [6, 6.07) is 0.0987. The van der Waals surface area contributed by atoms with Crippen LogP contribution < -0.4 is 0 Å². The van der Waals surface area contributed by atoms with E-state index in [1.54, 1.807) is 4.90 Å². The molecule has 5 heteroatoms. The molecule has 0 bridgehead atoms. The van der Waals surface area contributed by atoms with Gasteiger partial charge in [0, 0.05) is 6.04 Å². The lowest BCUT2D eigenvalue weighted by Gasteiger charge is -2.29. The molecule has 1 rings (SSSR count). The molecule has 4 nitrogen and oxygen atoms in total. The molecular weight excluding hydrogens is 254 g/mol. The maximum absolute atomic E-state index is 11.7. The van der Waals surface area contributed by atoms with Crippen molar-refractivity contribution in [3.05, 3.63) is 0 Å². The Balaban J connectivity index is 2.56. The van der Waals surface area contributed by atoms with Gasteiger partial charge in [-0.25, -0.2) is 0 Å². The lowest BCUT2D eigenvalue weighted by atomic mass is 9.98. The fourth-order valence-corrected chi connectivity index (χ4v) is 1.99. The molecule has 2 unspecified atom stereocenters. The monoisotopic (exact) mass is 277 g/mol. The predicted molar refractivity (Wildman–Crippen MR) is 71.6 cm³/mol. The fraction of sp³-hybridized carbons (Fsp3) is 0.923. The van der Waals surface area contributed by atoms with Gasteiger partial charge in [-0.1, -0.05) is 13.8 Å². The van der Waals surface area contributed by atoms with Gasteiger partial charge in [-0.2, -0.15) is 0 Å². The van der Waals surface area contributed by atoms with E-state index in [9.17, 15) is 4.79 Å². The molecule has 0 radical (unpaired) electrons. The van der Waals surface area contributed by atoms with Gasteiger partial charge in [-0.3, -0.25) is 4.79 Å². The number of amides is 1. The lowest BCUT2D eigenvalue weighted by Crippen LogP contribution is -2.44. The van der Waals surface area contributed by atoms with Crippen LogP contribution in [0, 0.1) is 11.8 Å². The Labute approximate surface area is 115 Å². The third-order valence-corrected chi connectivity index (χ3v) is 3.69. The van der Waals surface area contributed by atoms with E-state index in [0.29, 0.717) is 31.6 Å². The standard InChI is InChI=1S/C13H24ClNO3/c1-9(2)15(12(16)5-14)6-13-17-7-10(3)11(4)8-18-13/h9-11,13H,5-8H2,1-4H3. The summed E-state index contributed by atoms with van der Waals surface area (Å²) in [5.41, 5.74) is 0. The zero-order chi connectivity index (χ0) is 13.7. The van der Waals surface area contributed by atoms with Gasteiger partial charge in [0.05, 0.1) is 19.8 Å². The summed E-state index contributed by atoms with van der Waals surface area (Å²) in [7, 11) is 0. The van der Waals surface area contributed by atoms with Crippen molar-refractivity contribution in [1.29, 1.82) is 0 Å². The summed E-state index contributed by atoms with van der Waals surface area (Å²) in [6.07, 6.45) is -0.341. The molecule has 0 saturated carbocycles. The highest BCUT2D eigenvalue weighted by Gasteiger charge is 2.26. The molecule has 1 heterocycles. The number of nitrogens with zero attached hydrogens (tertiary/aromatic N) is 1. The van der Waals surface area contributed by atoms with Crippen LogP contribution in [0.2, 0.25) is 0 Å². The largest absolute Gasteiger partial charge is 0.350 e. The van der Waals surface area contributed by atoms with Crippen molar-refractivity contribution in [1.82, 2.24) is 4.90 Å². The van der Waals surface area contributed by atoms with Crippen LogP contribution in [-0.4, -0.2) is 48.8 Å². The van der Waals surface area contributed by atoms with E-state index in [1.807, 2.05) is 13.8 Å².